The van der Waals surface area contributed by atoms with Crippen molar-refractivity contribution in [3.8, 4) is 0 Å². The Morgan fingerprint density at radius 2 is 1.96 bits per heavy atom. The van der Waals surface area contributed by atoms with E-state index >= 15 is 0 Å². The molecule has 6 heteroatoms. The number of nitrogens with zero attached hydrogens (tertiary/aromatic N) is 1. The highest BCUT2D eigenvalue weighted by atomic mass is 32.1. The van der Waals surface area contributed by atoms with Gasteiger partial charge in [0, 0.05) is 23.6 Å². The van der Waals surface area contributed by atoms with Gasteiger partial charge in [-0.1, -0.05) is 18.2 Å². The molecule has 126 valence electrons. The largest absolute Gasteiger partial charge is 0.345 e. The second-order valence-corrected chi connectivity index (χ2v) is 6.44. The summed E-state index contributed by atoms with van der Waals surface area (Å²) in [5.41, 5.74) is 2.00. The minimum absolute atomic E-state index is 0.162. The average molecular weight is 351 g/mol. The third-order valence-corrected chi connectivity index (χ3v) is 4.53. The molecule has 2 N–H and O–H groups in total. The Labute approximate surface area is 149 Å². The third-order valence-electron chi connectivity index (χ3n) is 3.66. The highest BCUT2D eigenvalue weighted by Gasteiger charge is 2.13. The molecular weight excluding hydrogens is 334 g/mol. The van der Waals surface area contributed by atoms with Crippen LogP contribution in [0, 0.1) is 0 Å². The summed E-state index contributed by atoms with van der Waals surface area (Å²) in [6.07, 6.45) is 3.42. The SMILES string of the molecule is CC(NC(=O)c1cccc(NC(=O)c2cccs2)c1)c1cccnc1. The first-order valence-corrected chi connectivity index (χ1v) is 8.67. The van der Waals surface area contributed by atoms with Gasteiger partial charge in [0.15, 0.2) is 0 Å². The molecule has 0 spiro atoms. The normalized spacial score (nSPS) is 11.6. The predicted molar refractivity (Wildman–Crippen MR) is 98.8 cm³/mol. The highest BCUT2D eigenvalue weighted by molar-refractivity contribution is 7.12. The molecule has 0 aliphatic carbocycles. The Hall–Kier alpha value is -2.99. The van der Waals surface area contributed by atoms with Crippen molar-refractivity contribution in [1.82, 2.24) is 10.3 Å². The maximum atomic E-state index is 12.5. The fourth-order valence-corrected chi connectivity index (χ4v) is 2.95. The molecule has 2 aromatic heterocycles. The Balaban J connectivity index is 1.68. The molecule has 0 saturated carbocycles. The number of hydrogen-bond acceptors (Lipinski definition) is 4. The van der Waals surface area contributed by atoms with Gasteiger partial charge in [-0.15, -0.1) is 11.3 Å². The number of aromatic nitrogens is 1. The summed E-state index contributed by atoms with van der Waals surface area (Å²) in [6, 6.07) is 14.0. The van der Waals surface area contributed by atoms with Gasteiger partial charge in [-0.3, -0.25) is 14.6 Å². The molecular formula is C19H17N3O2S. The molecule has 25 heavy (non-hydrogen) atoms. The van der Waals surface area contributed by atoms with Gasteiger partial charge in [-0.2, -0.15) is 0 Å². The number of thiophene rings is 1. The number of nitrogens with one attached hydrogen (secondary N) is 2. The Kier molecular flexibility index (Phi) is 5.20. The molecule has 0 aliphatic rings. The van der Waals surface area contributed by atoms with E-state index in [4.69, 9.17) is 0 Å². The molecule has 1 atom stereocenters. The molecule has 5 nitrogen and oxygen atoms in total. The smallest absolute Gasteiger partial charge is 0.265 e. The minimum atomic E-state index is -0.205. The van der Waals surface area contributed by atoms with E-state index in [0.717, 1.165) is 5.56 Å². The average Bonchev–Trinajstić information content (AvgIpc) is 3.17. The number of amides is 2. The van der Waals surface area contributed by atoms with Crippen molar-refractivity contribution in [3.05, 3.63) is 82.3 Å². The summed E-state index contributed by atoms with van der Waals surface area (Å²) in [6.45, 7) is 1.90. The van der Waals surface area contributed by atoms with Crippen LogP contribution >= 0.6 is 11.3 Å². The van der Waals surface area contributed by atoms with Crippen LogP contribution in [0.2, 0.25) is 0 Å². The van der Waals surface area contributed by atoms with Crippen LogP contribution in [0.15, 0.2) is 66.3 Å². The molecule has 2 heterocycles. The van der Waals surface area contributed by atoms with Crippen LogP contribution in [-0.4, -0.2) is 16.8 Å². The number of carbonyl (C=O) groups excluding carboxylic acids is 2. The lowest BCUT2D eigenvalue weighted by Crippen LogP contribution is -2.26. The quantitative estimate of drug-likeness (QED) is 0.733. The van der Waals surface area contributed by atoms with Crippen LogP contribution in [0.5, 0.6) is 0 Å². The van der Waals surface area contributed by atoms with Gasteiger partial charge >= 0.3 is 0 Å². The molecule has 2 amide bonds. The zero-order valence-electron chi connectivity index (χ0n) is 13.6. The minimum Gasteiger partial charge on any atom is -0.345 e. The Morgan fingerprint density at radius 3 is 2.68 bits per heavy atom. The van der Waals surface area contributed by atoms with Crippen LogP contribution in [0.4, 0.5) is 5.69 Å². The van der Waals surface area contributed by atoms with Crippen LogP contribution < -0.4 is 10.6 Å². The third kappa shape index (κ3) is 4.30. The predicted octanol–water partition coefficient (Wildman–Crippen LogP) is 3.89. The fourth-order valence-electron chi connectivity index (χ4n) is 2.33. The Bertz CT molecular complexity index is 863. The second-order valence-electron chi connectivity index (χ2n) is 5.49. The fraction of sp³-hybridized carbons (Fsp3) is 0.105. The summed E-state index contributed by atoms with van der Waals surface area (Å²) in [4.78, 5) is 29.2. The lowest BCUT2D eigenvalue weighted by molar-refractivity contribution is 0.0938. The number of carbonyl (C=O) groups is 2. The van der Waals surface area contributed by atoms with Crippen LogP contribution in [0.25, 0.3) is 0 Å². The standard InChI is InChI=1S/C19H17N3O2S/c1-13(15-6-3-9-20-12-15)21-18(23)14-5-2-7-16(11-14)22-19(24)17-8-4-10-25-17/h2-13H,1H3,(H,21,23)(H,22,24). The van der Waals surface area contributed by atoms with Crippen molar-refractivity contribution in [3.63, 3.8) is 0 Å². The topological polar surface area (TPSA) is 71.1 Å². The first-order chi connectivity index (χ1) is 12.1. The summed E-state index contributed by atoms with van der Waals surface area (Å²) in [7, 11) is 0. The highest BCUT2D eigenvalue weighted by Crippen LogP contribution is 2.16. The lowest BCUT2D eigenvalue weighted by atomic mass is 10.1. The van der Waals surface area contributed by atoms with Gasteiger partial charge in [0.2, 0.25) is 0 Å². The number of rotatable bonds is 5. The van der Waals surface area contributed by atoms with Crippen molar-refractivity contribution in [1.29, 1.82) is 0 Å². The van der Waals surface area contributed by atoms with E-state index in [0.29, 0.717) is 16.1 Å². The van der Waals surface area contributed by atoms with E-state index < -0.39 is 0 Å². The zero-order chi connectivity index (χ0) is 17.6. The van der Waals surface area contributed by atoms with Crippen LogP contribution in [-0.2, 0) is 0 Å². The maximum Gasteiger partial charge on any atom is 0.265 e. The molecule has 1 aromatic carbocycles. The summed E-state index contributed by atoms with van der Waals surface area (Å²) >= 11 is 1.37. The van der Waals surface area contributed by atoms with E-state index in [9.17, 15) is 9.59 Å². The second kappa shape index (κ2) is 7.72. The van der Waals surface area contributed by atoms with Crippen LogP contribution in [0.1, 0.15) is 38.6 Å². The van der Waals surface area contributed by atoms with Gasteiger partial charge in [-0.25, -0.2) is 0 Å². The van der Waals surface area contributed by atoms with Crippen LogP contribution in [0.3, 0.4) is 0 Å². The van der Waals surface area contributed by atoms with E-state index in [2.05, 4.69) is 15.6 Å². The maximum absolute atomic E-state index is 12.5. The Morgan fingerprint density at radius 1 is 1.08 bits per heavy atom. The van der Waals surface area contributed by atoms with Gasteiger partial charge < -0.3 is 10.6 Å². The zero-order valence-corrected chi connectivity index (χ0v) is 14.4. The van der Waals surface area contributed by atoms with Crippen molar-refractivity contribution >= 4 is 28.8 Å². The monoisotopic (exact) mass is 351 g/mol. The van der Waals surface area contributed by atoms with Crippen molar-refractivity contribution in [2.45, 2.75) is 13.0 Å². The van der Waals surface area contributed by atoms with E-state index in [1.54, 1.807) is 42.7 Å². The number of hydrogen-bond donors (Lipinski definition) is 2. The molecule has 0 saturated heterocycles. The number of anilines is 1. The summed E-state index contributed by atoms with van der Waals surface area (Å²) in [5.74, 6) is -0.389. The molecule has 0 fully saturated rings. The molecule has 1 unspecified atom stereocenters. The molecule has 0 radical (unpaired) electrons. The first kappa shape index (κ1) is 16.9. The molecule has 3 rings (SSSR count). The number of benzene rings is 1. The first-order valence-electron chi connectivity index (χ1n) is 7.79. The van der Waals surface area contributed by atoms with Crippen molar-refractivity contribution in [2.75, 3.05) is 5.32 Å². The molecule has 3 aromatic rings. The lowest BCUT2D eigenvalue weighted by Gasteiger charge is -2.14. The van der Waals surface area contributed by atoms with Gasteiger partial charge in [0.05, 0.1) is 10.9 Å². The van der Waals surface area contributed by atoms with Gasteiger partial charge in [0.1, 0.15) is 0 Å². The van der Waals surface area contributed by atoms with E-state index in [-0.39, 0.29) is 17.9 Å². The van der Waals surface area contributed by atoms with Gasteiger partial charge in [-0.05, 0) is 48.2 Å². The van der Waals surface area contributed by atoms with E-state index in [1.807, 2.05) is 30.5 Å². The van der Waals surface area contributed by atoms with Crippen molar-refractivity contribution in [2.24, 2.45) is 0 Å². The van der Waals surface area contributed by atoms with Gasteiger partial charge in [0.25, 0.3) is 11.8 Å². The number of pyridine rings is 1. The molecule has 0 bridgehead atoms. The summed E-state index contributed by atoms with van der Waals surface area (Å²) < 4.78 is 0. The van der Waals surface area contributed by atoms with Crippen molar-refractivity contribution < 1.29 is 9.59 Å². The summed E-state index contributed by atoms with van der Waals surface area (Å²) in [5, 5.41) is 7.58. The molecule has 0 aliphatic heterocycles. The van der Waals surface area contributed by atoms with E-state index in [1.165, 1.54) is 11.3 Å².